The van der Waals surface area contributed by atoms with Crippen LogP contribution in [0.3, 0.4) is 0 Å². The highest BCUT2D eigenvalue weighted by Crippen LogP contribution is 2.51. The molecular formula is C22H18ClFN4O. The van der Waals surface area contributed by atoms with Crippen molar-refractivity contribution in [3.8, 4) is 5.69 Å². The van der Waals surface area contributed by atoms with Gasteiger partial charge in [-0.15, -0.1) is 0 Å². The normalized spacial score (nSPS) is 20.7. The Morgan fingerprint density at radius 1 is 1.28 bits per heavy atom. The predicted molar refractivity (Wildman–Crippen MR) is 110 cm³/mol. The van der Waals surface area contributed by atoms with E-state index in [2.05, 4.69) is 22.3 Å². The number of hydrogen-bond acceptors (Lipinski definition) is 2. The molecule has 5 nitrogen and oxygen atoms in total. The van der Waals surface area contributed by atoms with Crippen LogP contribution >= 0.6 is 11.6 Å². The third-order valence-electron chi connectivity index (χ3n) is 5.66. The Labute approximate surface area is 171 Å². The number of hydrogen-bond donors (Lipinski definition) is 2. The zero-order valence-electron chi connectivity index (χ0n) is 15.6. The van der Waals surface area contributed by atoms with Crippen LogP contribution in [0.2, 0.25) is 5.02 Å². The minimum Gasteiger partial charge on any atom is -0.351 e. The first kappa shape index (κ1) is 17.9. The fourth-order valence-corrected chi connectivity index (χ4v) is 4.04. The molecule has 146 valence electrons. The summed E-state index contributed by atoms with van der Waals surface area (Å²) in [5.41, 5.74) is 2.60. The third kappa shape index (κ3) is 3.09. The summed E-state index contributed by atoms with van der Waals surface area (Å²) < 4.78 is 14.9. The van der Waals surface area contributed by atoms with E-state index in [1.165, 1.54) is 12.1 Å². The summed E-state index contributed by atoms with van der Waals surface area (Å²) in [5, 5.41) is 9.11. The van der Waals surface area contributed by atoms with E-state index in [9.17, 15) is 9.18 Å². The van der Waals surface area contributed by atoms with Crippen LogP contribution in [0.5, 0.6) is 0 Å². The van der Waals surface area contributed by atoms with Crippen molar-refractivity contribution >= 4 is 28.4 Å². The Bertz CT molecular complexity index is 1230. The zero-order valence-corrected chi connectivity index (χ0v) is 16.4. The number of H-pyrrole nitrogens is 1. The lowest BCUT2D eigenvalue weighted by molar-refractivity contribution is 0.0923. The number of rotatable bonds is 4. The molecule has 5 rings (SSSR count). The second-order valence-corrected chi connectivity index (χ2v) is 8.03. The van der Waals surface area contributed by atoms with Gasteiger partial charge in [0.25, 0.3) is 5.91 Å². The first-order valence-electron chi connectivity index (χ1n) is 9.36. The summed E-state index contributed by atoms with van der Waals surface area (Å²) in [4.78, 5) is 16.1. The molecule has 2 unspecified atom stereocenters. The SMILES string of the molecule is CC1CC1(NC(=O)c1cc2cc(Cl)ccc2[nH]1)c1cnn(-c2ccc(F)cc2)c1. The maximum atomic E-state index is 13.2. The number of fused-ring (bicyclic) bond motifs is 1. The second kappa shape index (κ2) is 6.46. The molecule has 1 amide bonds. The predicted octanol–water partition coefficient (Wildman–Crippen LogP) is 4.81. The molecule has 0 saturated heterocycles. The van der Waals surface area contributed by atoms with Crippen LogP contribution in [-0.4, -0.2) is 20.7 Å². The fourth-order valence-electron chi connectivity index (χ4n) is 3.86. The highest BCUT2D eigenvalue weighted by atomic mass is 35.5. The number of carbonyl (C=O) groups is 1. The van der Waals surface area contributed by atoms with Crippen molar-refractivity contribution in [3.05, 3.63) is 83.0 Å². The first-order valence-corrected chi connectivity index (χ1v) is 9.74. The van der Waals surface area contributed by atoms with Gasteiger partial charge in [0.15, 0.2) is 0 Å². The van der Waals surface area contributed by atoms with Gasteiger partial charge in [-0.1, -0.05) is 18.5 Å². The lowest BCUT2D eigenvalue weighted by atomic mass is 10.1. The van der Waals surface area contributed by atoms with Gasteiger partial charge in [0.2, 0.25) is 0 Å². The van der Waals surface area contributed by atoms with E-state index in [0.717, 1.165) is 28.6 Å². The van der Waals surface area contributed by atoms with Crippen molar-refractivity contribution in [2.24, 2.45) is 5.92 Å². The highest BCUT2D eigenvalue weighted by molar-refractivity contribution is 6.31. The molecule has 2 aromatic heterocycles. The van der Waals surface area contributed by atoms with Gasteiger partial charge < -0.3 is 10.3 Å². The van der Waals surface area contributed by atoms with E-state index in [0.29, 0.717) is 10.7 Å². The van der Waals surface area contributed by atoms with Gasteiger partial charge in [-0.25, -0.2) is 9.07 Å². The lowest BCUT2D eigenvalue weighted by Crippen LogP contribution is -2.36. The summed E-state index contributed by atoms with van der Waals surface area (Å²) in [5.74, 6) is -0.173. The summed E-state index contributed by atoms with van der Waals surface area (Å²) in [6.07, 6.45) is 4.49. The number of aromatic nitrogens is 3. The van der Waals surface area contributed by atoms with Gasteiger partial charge in [-0.05, 0) is 60.9 Å². The van der Waals surface area contributed by atoms with Gasteiger partial charge in [0.05, 0.1) is 17.4 Å². The molecule has 2 aromatic carbocycles. The molecule has 1 fully saturated rings. The minimum absolute atomic E-state index is 0.170. The number of nitrogens with zero attached hydrogens (tertiary/aromatic N) is 2. The van der Waals surface area contributed by atoms with E-state index in [1.807, 2.05) is 18.3 Å². The number of amides is 1. The smallest absolute Gasteiger partial charge is 0.268 e. The first-order chi connectivity index (χ1) is 13.9. The number of carbonyl (C=O) groups excluding carboxylic acids is 1. The number of benzene rings is 2. The highest BCUT2D eigenvalue weighted by Gasteiger charge is 2.54. The molecular weight excluding hydrogens is 391 g/mol. The Kier molecular flexibility index (Phi) is 3.99. The zero-order chi connectivity index (χ0) is 20.2. The fraction of sp³-hybridized carbons (Fsp3) is 0.182. The Balaban J connectivity index is 1.42. The second-order valence-electron chi connectivity index (χ2n) is 7.60. The van der Waals surface area contributed by atoms with Crippen LogP contribution in [0, 0.1) is 11.7 Å². The summed E-state index contributed by atoms with van der Waals surface area (Å²) in [6, 6.07) is 13.4. The molecule has 7 heteroatoms. The van der Waals surface area contributed by atoms with Crippen molar-refractivity contribution in [1.82, 2.24) is 20.1 Å². The Morgan fingerprint density at radius 2 is 2.03 bits per heavy atom. The molecule has 2 atom stereocenters. The molecule has 0 bridgehead atoms. The van der Waals surface area contributed by atoms with Crippen LogP contribution in [0.25, 0.3) is 16.6 Å². The van der Waals surface area contributed by atoms with Gasteiger partial charge >= 0.3 is 0 Å². The molecule has 2 heterocycles. The van der Waals surface area contributed by atoms with Crippen molar-refractivity contribution in [2.45, 2.75) is 18.9 Å². The average molecular weight is 409 g/mol. The van der Waals surface area contributed by atoms with Gasteiger partial charge in [0.1, 0.15) is 11.5 Å². The van der Waals surface area contributed by atoms with Crippen LogP contribution in [-0.2, 0) is 5.54 Å². The Morgan fingerprint density at radius 3 is 2.76 bits per heavy atom. The van der Waals surface area contributed by atoms with E-state index in [-0.39, 0.29) is 17.6 Å². The minimum atomic E-state index is -0.454. The van der Waals surface area contributed by atoms with Crippen LogP contribution < -0.4 is 5.32 Å². The largest absolute Gasteiger partial charge is 0.351 e. The van der Waals surface area contributed by atoms with E-state index >= 15 is 0 Å². The van der Waals surface area contributed by atoms with Crippen molar-refractivity contribution in [2.75, 3.05) is 0 Å². The standard InChI is InChI=1S/C22H18ClFN4O/c1-13-10-22(13,15-11-25-28(12-15)18-5-3-17(24)4-6-18)27-21(29)20-9-14-8-16(23)2-7-19(14)26-20/h2-9,11-13,26H,10H2,1H3,(H,27,29). The van der Waals surface area contributed by atoms with Crippen molar-refractivity contribution in [3.63, 3.8) is 0 Å². The third-order valence-corrected chi connectivity index (χ3v) is 5.90. The molecule has 29 heavy (non-hydrogen) atoms. The number of halogens is 2. The van der Waals surface area contributed by atoms with E-state index in [1.54, 1.807) is 35.1 Å². The van der Waals surface area contributed by atoms with Crippen molar-refractivity contribution in [1.29, 1.82) is 0 Å². The van der Waals surface area contributed by atoms with Crippen LogP contribution in [0.4, 0.5) is 4.39 Å². The van der Waals surface area contributed by atoms with E-state index in [4.69, 9.17) is 11.6 Å². The molecule has 0 aliphatic heterocycles. The summed E-state index contributed by atoms with van der Waals surface area (Å²) >= 11 is 6.04. The molecule has 1 saturated carbocycles. The van der Waals surface area contributed by atoms with Crippen LogP contribution in [0.1, 0.15) is 29.4 Å². The van der Waals surface area contributed by atoms with Gasteiger partial charge in [-0.2, -0.15) is 5.10 Å². The summed E-state index contributed by atoms with van der Waals surface area (Å²) in [7, 11) is 0. The molecule has 0 radical (unpaired) electrons. The van der Waals surface area contributed by atoms with Gasteiger partial charge in [-0.3, -0.25) is 4.79 Å². The van der Waals surface area contributed by atoms with Gasteiger partial charge in [0, 0.05) is 27.7 Å². The molecule has 2 N–H and O–H groups in total. The number of nitrogens with one attached hydrogen (secondary N) is 2. The summed E-state index contributed by atoms with van der Waals surface area (Å²) in [6.45, 7) is 2.10. The topological polar surface area (TPSA) is 62.7 Å². The Hall–Kier alpha value is -3.12. The van der Waals surface area contributed by atoms with Crippen molar-refractivity contribution < 1.29 is 9.18 Å². The molecule has 1 aliphatic rings. The quantitative estimate of drug-likeness (QED) is 0.509. The molecule has 4 aromatic rings. The molecule has 0 spiro atoms. The number of aromatic amines is 1. The van der Waals surface area contributed by atoms with Crippen LogP contribution in [0.15, 0.2) is 60.9 Å². The average Bonchev–Trinajstić information content (AvgIpc) is 3.09. The monoisotopic (exact) mass is 408 g/mol. The van der Waals surface area contributed by atoms with E-state index < -0.39 is 5.54 Å². The maximum absolute atomic E-state index is 13.2. The maximum Gasteiger partial charge on any atom is 0.268 e. The molecule has 1 aliphatic carbocycles. The lowest BCUT2D eigenvalue weighted by Gasteiger charge is -2.17.